The molecule has 2 heterocycles. The van der Waals surface area contributed by atoms with Gasteiger partial charge in [-0.2, -0.15) is 4.98 Å². The van der Waals surface area contributed by atoms with Crippen LogP contribution in [0.1, 0.15) is 39.3 Å². The first-order chi connectivity index (χ1) is 10.5. The third-order valence-electron chi connectivity index (χ3n) is 3.69. The number of nitrogens with one attached hydrogen (secondary N) is 1. The van der Waals surface area contributed by atoms with Gasteiger partial charge in [0.05, 0.1) is 6.61 Å². The van der Waals surface area contributed by atoms with Crippen LogP contribution in [0.4, 0.5) is 5.95 Å². The van der Waals surface area contributed by atoms with Crippen LogP contribution in [0.2, 0.25) is 0 Å². The van der Waals surface area contributed by atoms with Crippen molar-refractivity contribution < 1.29 is 9.53 Å². The first-order valence-corrected chi connectivity index (χ1v) is 8.03. The molecule has 0 saturated carbocycles. The monoisotopic (exact) mass is 306 g/mol. The fraction of sp³-hybridized carbons (Fsp3) is 0.688. The SMILES string of the molecule is CCOc1cc(C)nc(N2CCC(C(=O)NC(C)C)CC2)n1. The maximum absolute atomic E-state index is 12.1. The zero-order valence-electron chi connectivity index (χ0n) is 13.9. The zero-order chi connectivity index (χ0) is 16.1. The summed E-state index contributed by atoms with van der Waals surface area (Å²) in [5.74, 6) is 1.57. The number of nitrogens with zero attached hydrogens (tertiary/aromatic N) is 3. The van der Waals surface area contributed by atoms with Crippen molar-refractivity contribution in [3.05, 3.63) is 11.8 Å². The molecule has 6 nitrogen and oxygen atoms in total. The van der Waals surface area contributed by atoms with Gasteiger partial charge < -0.3 is 15.0 Å². The summed E-state index contributed by atoms with van der Waals surface area (Å²) in [6.45, 7) is 10.0. The molecule has 0 spiro atoms. The number of aryl methyl sites for hydroxylation is 1. The molecule has 0 bridgehead atoms. The van der Waals surface area contributed by atoms with Crippen LogP contribution in [-0.4, -0.2) is 41.6 Å². The Hall–Kier alpha value is -1.85. The molecule has 2 rings (SSSR count). The number of aromatic nitrogens is 2. The molecule has 1 aliphatic heterocycles. The number of carbonyl (C=O) groups is 1. The Kier molecular flexibility index (Phi) is 5.57. The Morgan fingerprint density at radius 3 is 2.68 bits per heavy atom. The van der Waals surface area contributed by atoms with Gasteiger partial charge >= 0.3 is 0 Å². The molecule has 0 aromatic carbocycles. The summed E-state index contributed by atoms with van der Waals surface area (Å²) in [7, 11) is 0. The number of anilines is 1. The molecular formula is C16H26N4O2. The van der Waals surface area contributed by atoms with E-state index in [1.807, 2.05) is 33.8 Å². The second kappa shape index (κ2) is 7.42. The molecule has 1 aromatic rings. The van der Waals surface area contributed by atoms with Crippen molar-refractivity contribution in [3.63, 3.8) is 0 Å². The summed E-state index contributed by atoms with van der Waals surface area (Å²) in [6.07, 6.45) is 1.67. The van der Waals surface area contributed by atoms with Crippen molar-refractivity contribution in [2.75, 3.05) is 24.6 Å². The number of hydrogen-bond acceptors (Lipinski definition) is 5. The molecule has 0 aliphatic carbocycles. The highest BCUT2D eigenvalue weighted by atomic mass is 16.5. The van der Waals surface area contributed by atoms with E-state index in [2.05, 4.69) is 20.2 Å². The van der Waals surface area contributed by atoms with E-state index in [9.17, 15) is 4.79 Å². The number of hydrogen-bond donors (Lipinski definition) is 1. The van der Waals surface area contributed by atoms with Gasteiger partial charge in [-0.3, -0.25) is 4.79 Å². The van der Waals surface area contributed by atoms with E-state index in [0.29, 0.717) is 18.4 Å². The molecule has 6 heteroatoms. The van der Waals surface area contributed by atoms with Gasteiger partial charge in [0.1, 0.15) is 0 Å². The van der Waals surface area contributed by atoms with Crippen molar-refractivity contribution >= 4 is 11.9 Å². The highest BCUT2D eigenvalue weighted by Gasteiger charge is 2.26. The van der Waals surface area contributed by atoms with Gasteiger partial charge in [0.15, 0.2) is 0 Å². The number of ether oxygens (including phenoxy) is 1. The van der Waals surface area contributed by atoms with E-state index >= 15 is 0 Å². The zero-order valence-corrected chi connectivity index (χ0v) is 13.9. The van der Waals surface area contributed by atoms with E-state index in [1.165, 1.54) is 0 Å². The molecule has 1 N–H and O–H groups in total. The predicted molar refractivity (Wildman–Crippen MR) is 86.2 cm³/mol. The lowest BCUT2D eigenvalue weighted by molar-refractivity contribution is -0.126. The second-order valence-electron chi connectivity index (χ2n) is 6.01. The molecule has 0 unspecified atom stereocenters. The standard InChI is InChI=1S/C16H26N4O2/c1-5-22-14-10-12(4)18-16(19-14)20-8-6-13(7-9-20)15(21)17-11(2)3/h10-11,13H,5-9H2,1-4H3,(H,17,21). The van der Waals surface area contributed by atoms with Crippen LogP contribution in [0.5, 0.6) is 5.88 Å². The van der Waals surface area contributed by atoms with Crippen molar-refractivity contribution in [2.45, 2.75) is 46.6 Å². The van der Waals surface area contributed by atoms with Gasteiger partial charge in [-0.05, 0) is 40.5 Å². The van der Waals surface area contributed by atoms with Crippen LogP contribution in [-0.2, 0) is 4.79 Å². The van der Waals surface area contributed by atoms with Crippen molar-refractivity contribution in [1.29, 1.82) is 0 Å². The van der Waals surface area contributed by atoms with E-state index < -0.39 is 0 Å². The first kappa shape index (κ1) is 16.5. The molecule has 1 amide bonds. The largest absolute Gasteiger partial charge is 0.478 e. The fourth-order valence-corrected chi connectivity index (χ4v) is 2.63. The molecular weight excluding hydrogens is 280 g/mol. The summed E-state index contributed by atoms with van der Waals surface area (Å²) in [5.41, 5.74) is 0.896. The smallest absolute Gasteiger partial charge is 0.228 e. The van der Waals surface area contributed by atoms with Gasteiger partial charge in [0, 0.05) is 36.8 Å². The Morgan fingerprint density at radius 2 is 2.09 bits per heavy atom. The van der Waals surface area contributed by atoms with Gasteiger partial charge in [0.25, 0.3) is 0 Å². The minimum Gasteiger partial charge on any atom is -0.478 e. The van der Waals surface area contributed by atoms with Gasteiger partial charge in [-0.1, -0.05) is 0 Å². The lowest BCUT2D eigenvalue weighted by Gasteiger charge is -2.31. The molecule has 1 fully saturated rings. The highest BCUT2D eigenvalue weighted by molar-refractivity contribution is 5.79. The molecule has 1 aliphatic rings. The number of amides is 1. The van der Waals surface area contributed by atoms with Crippen LogP contribution >= 0.6 is 0 Å². The minimum atomic E-state index is 0.0924. The van der Waals surface area contributed by atoms with Crippen LogP contribution in [0.3, 0.4) is 0 Å². The van der Waals surface area contributed by atoms with E-state index in [-0.39, 0.29) is 17.9 Å². The maximum Gasteiger partial charge on any atom is 0.228 e. The first-order valence-electron chi connectivity index (χ1n) is 8.03. The van der Waals surface area contributed by atoms with Gasteiger partial charge in [-0.15, -0.1) is 0 Å². The van der Waals surface area contributed by atoms with Crippen molar-refractivity contribution in [2.24, 2.45) is 5.92 Å². The number of piperidine rings is 1. The summed E-state index contributed by atoms with van der Waals surface area (Å²) in [5, 5.41) is 2.99. The normalized spacial score (nSPS) is 16.0. The van der Waals surface area contributed by atoms with Crippen LogP contribution < -0.4 is 15.0 Å². The quantitative estimate of drug-likeness (QED) is 0.900. The minimum absolute atomic E-state index is 0.0924. The molecule has 122 valence electrons. The Bertz CT molecular complexity index is 511. The van der Waals surface area contributed by atoms with E-state index in [4.69, 9.17) is 4.74 Å². The van der Waals surface area contributed by atoms with Crippen LogP contribution in [0.15, 0.2) is 6.07 Å². The van der Waals surface area contributed by atoms with Gasteiger partial charge in [0.2, 0.25) is 17.7 Å². The Labute approximate surface area is 132 Å². The summed E-state index contributed by atoms with van der Waals surface area (Å²) >= 11 is 0. The topological polar surface area (TPSA) is 67.3 Å². The maximum atomic E-state index is 12.1. The Balaban J connectivity index is 1.98. The van der Waals surface area contributed by atoms with Crippen LogP contribution in [0.25, 0.3) is 0 Å². The molecule has 22 heavy (non-hydrogen) atoms. The summed E-state index contributed by atoms with van der Waals surface area (Å²) in [6, 6.07) is 2.04. The molecule has 1 aromatic heterocycles. The Morgan fingerprint density at radius 1 is 1.41 bits per heavy atom. The molecule has 0 radical (unpaired) electrons. The van der Waals surface area contributed by atoms with Gasteiger partial charge in [-0.25, -0.2) is 4.98 Å². The number of rotatable bonds is 5. The predicted octanol–water partition coefficient (Wildman–Crippen LogP) is 1.92. The highest BCUT2D eigenvalue weighted by Crippen LogP contribution is 2.23. The lowest BCUT2D eigenvalue weighted by atomic mass is 9.96. The molecule has 1 saturated heterocycles. The molecule has 0 atom stereocenters. The van der Waals surface area contributed by atoms with Crippen LogP contribution in [0, 0.1) is 12.8 Å². The summed E-state index contributed by atoms with van der Waals surface area (Å²) in [4.78, 5) is 23.1. The average Bonchev–Trinajstić information content (AvgIpc) is 2.46. The second-order valence-corrected chi connectivity index (χ2v) is 6.01. The third kappa shape index (κ3) is 4.32. The van der Waals surface area contributed by atoms with Crippen molar-refractivity contribution in [3.8, 4) is 5.88 Å². The third-order valence-corrected chi connectivity index (χ3v) is 3.69. The van der Waals surface area contributed by atoms with E-state index in [1.54, 1.807) is 0 Å². The average molecular weight is 306 g/mol. The van der Waals surface area contributed by atoms with E-state index in [0.717, 1.165) is 31.6 Å². The fourth-order valence-electron chi connectivity index (χ4n) is 2.63. The summed E-state index contributed by atoms with van der Waals surface area (Å²) < 4.78 is 5.48. The lowest BCUT2D eigenvalue weighted by Crippen LogP contribution is -2.43. The number of carbonyl (C=O) groups excluding carboxylic acids is 1. The van der Waals surface area contributed by atoms with Crippen molar-refractivity contribution in [1.82, 2.24) is 15.3 Å².